The highest BCUT2D eigenvalue weighted by molar-refractivity contribution is 7.89. The predicted molar refractivity (Wildman–Crippen MR) is 54.6 cm³/mol. The molecule has 3 N–H and O–H groups in total. The van der Waals surface area contributed by atoms with Gasteiger partial charge in [-0.05, 0) is 30.5 Å². The largest absolute Gasteiger partial charge is 0.385 e. The van der Waals surface area contributed by atoms with Crippen molar-refractivity contribution in [2.45, 2.75) is 17.7 Å². The topological polar surface area (TPSA) is 72.2 Å². The summed E-state index contributed by atoms with van der Waals surface area (Å²) in [6.07, 6.45) is 1.72. The molecule has 14 heavy (non-hydrogen) atoms. The Bertz CT molecular complexity index is 454. The van der Waals surface area contributed by atoms with Crippen LogP contribution in [0.15, 0.2) is 23.1 Å². The zero-order valence-electron chi connectivity index (χ0n) is 7.66. The first kappa shape index (κ1) is 9.48. The maximum absolute atomic E-state index is 11.3. The summed E-state index contributed by atoms with van der Waals surface area (Å²) in [7, 11) is -3.58. The average molecular weight is 212 g/mol. The van der Waals surface area contributed by atoms with Crippen molar-refractivity contribution in [2.75, 3.05) is 11.9 Å². The Hall–Kier alpha value is -1.07. The minimum absolute atomic E-state index is 0.252. The molecule has 1 aliphatic heterocycles. The van der Waals surface area contributed by atoms with Gasteiger partial charge in [0.05, 0.1) is 4.90 Å². The van der Waals surface area contributed by atoms with Crippen LogP contribution in [0, 0.1) is 0 Å². The van der Waals surface area contributed by atoms with E-state index in [2.05, 4.69) is 5.32 Å². The monoisotopic (exact) mass is 212 g/mol. The summed E-state index contributed by atoms with van der Waals surface area (Å²) in [5.74, 6) is 0. The molecule has 0 atom stereocenters. The van der Waals surface area contributed by atoms with Crippen LogP contribution in [0.3, 0.4) is 0 Å². The number of sulfonamides is 1. The highest BCUT2D eigenvalue weighted by Gasteiger charge is 2.18. The number of nitrogens with one attached hydrogen (secondary N) is 1. The molecular weight excluding hydrogens is 200 g/mol. The van der Waals surface area contributed by atoms with Crippen LogP contribution >= 0.6 is 0 Å². The summed E-state index contributed by atoms with van der Waals surface area (Å²) in [5.41, 5.74) is 1.71. The van der Waals surface area contributed by atoms with Crippen LogP contribution in [-0.4, -0.2) is 15.0 Å². The number of nitrogens with two attached hydrogens (primary N) is 1. The van der Waals surface area contributed by atoms with E-state index in [0.29, 0.717) is 0 Å². The first-order chi connectivity index (χ1) is 6.59. The third-order valence-corrected chi connectivity index (χ3v) is 3.35. The molecular formula is C9H12N2O2S. The molecule has 0 amide bonds. The van der Waals surface area contributed by atoms with Crippen molar-refractivity contribution in [3.63, 3.8) is 0 Å². The number of hydrogen-bond acceptors (Lipinski definition) is 3. The Morgan fingerprint density at radius 3 is 2.86 bits per heavy atom. The van der Waals surface area contributed by atoms with Gasteiger partial charge in [0.25, 0.3) is 0 Å². The molecule has 2 rings (SSSR count). The lowest BCUT2D eigenvalue weighted by Gasteiger charge is -2.19. The van der Waals surface area contributed by atoms with Crippen LogP contribution in [0.5, 0.6) is 0 Å². The molecule has 1 aromatic rings. The molecule has 0 aromatic heterocycles. The molecule has 0 saturated carbocycles. The molecule has 0 fully saturated rings. The Morgan fingerprint density at radius 2 is 2.14 bits per heavy atom. The van der Waals surface area contributed by atoms with E-state index in [9.17, 15) is 8.42 Å². The number of rotatable bonds is 1. The molecule has 4 nitrogen and oxygen atoms in total. The fourth-order valence-electron chi connectivity index (χ4n) is 1.74. The minimum atomic E-state index is -3.58. The van der Waals surface area contributed by atoms with Crippen LogP contribution < -0.4 is 10.5 Å². The normalized spacial score (nSPS) is 15.8. The molecule has 0 aliphatic carbocycles. The fraction of sp³-hybridized carbons (Fsp3) is 0.333. The van der Waals surface area contributed by atoms with E-state index < -0.39 is 10.0 Å². The van der Waals surface area contributed by atoms with Gasteiger partial charge in [0.1, 0.15) is 0 Å². The average Bonchev–Trinajstić information content (AvgIpc) is 2.15. The number of benzene rings is 1. The second-order valence-corrected chi connectivity index (χ2v) is 4.89. The summed E-state index contributed by atoms with van der Waals surface area (Å²) in [6.45, 7) is 0.890. The summed E-state index contributed by atoms with van der Waals surface area (Å²) < 4.78 is 22.5. The second kappa shape index (κ2) is 3.25. The first-order valence-electron chi connectivity index (χ1n) is 4.47. The van der Waals surface area contributed by atoms with Crippen molar-refractivity contribution in [1.82, 2.24) is 0 Å². The van der Waals surface area contributed by atoms with Crippen LogP contribution in [0.1, 0.15) is 12.0 Å². The van der Waals surface area contributed by atoms with E-state index >= 15 is 0 Å². The highest BCUT2D eigenvalue weighted by atomic mass is 32.2. The van der Waals surface area contributed by atoms with E-state index in [1.807, 2.05) is 6.07 Å². The molecule has 0 unspecified atom stereocenters. The fourth-order valence-corrected chi connectivity index (χ4v) is 2.57. The smallest absolute Gasteiger partial charge is 0.238 e. The number of hydrogen-bond donors (Lipinski definition) is 2. The standard InChI is InChI=1S/C9H12N2O2S/c10-14(12,13)9-5-1-4-8-7(9)3-2-6-11-8/h1,4-5,11H,2-3,6H2,(H2,10,12,13). The molecule has 0 radical (unpaired) electrons. The van der Waals surface area contributed by atoms with E-state index in [0.717, 1.165) is 30.6 Å². The van der Waals surface area contributed by atoms with E-state index in [-0.39, 0.29) is 4.90 Å². The van der Waals surface area contributed by atoms with Gasteiger partial charge in [-0.25, -0.2) is 13.6 Å². The maximum Gasteiger partial charge on any atom is 0.238 e. The molecule has 76 valence electrons. The number of anilines is 1. The summed E-state index contributed by atoms with van der Waals surface area (Å²) in [6, 6.07) is 5.14. The van der Waals surface area contributed by atoms with Gasteiger partial charge in [-0.1, -0.05) is 6.07 Å². The quantitative estimate of drug-likeness (QED) is 0.719. The Labute approximate surface area is 83.2 Å². The lowest BCUT2D eigenvalue weighted by molar-refractivity contribution is 0.596. The number of primary sulfonamides is 1. The molecule has 0 bridgehead atoms. The predicted octanol–water partition coefficient (Wildman–Crippen LogP) is 0.692. The molecule has 0 spiro atoms. The van der Waals surface area contributed by atoms with Crippen molar-refractivity contribution in [2.24, 2.45) is 5.14 Å². The Morgan fingerprint density at radius 1 is 1.36 bits per heavy atom. The van der Waals surface area contributed by atoms with Gasteiger partial charge in [-0.2, -0.15) is 0 Å². The SMILES string of the molecule is NS(=O)(=O)c1cccc2c1CCCN2. The van der Waals surface area contributed by atoms with E-state index in [4.69, 9.17) is 5.14 Å². The van der Waals surface area contributed by atoms with Crippen LogP contribution in [0.2, 0.25) is 0 Å². The van der Waals surface area contributed by atoms with E-state index in [1.54, 1.807) is 12.1 Å². The minimum Gasteiger partial charge on any atom is -0.385 e. The third kappa shape index (κ3) is 1.60. The molecule has 0 saturated heterocycles. The maximum atomic E-state index is 11.3. The zero-order valence-corrected chi connectivity index (χ0v) is 8.47. The Kier molecular flexibility index (Phi) is 2.20. The summed E-state index contributed by atoms with van der Waals surface area (Å²) in [4.78, 5) is 0.252. The van der Waals surface area contributed by atoms with Gasteiger partial charge in [0, 0.05) is 12.2 Å². The van der Waals surface area contributed by atoms with Crippen molar-refractivity contribution in [3.05, 3.63) is 23.8 Å². The van der Waals surface area contributed by atoms with Crippen molar-refractivity contribution < 1.29 is 8.42 Å². The van der Waals surface area contributed by atoms with Gasteiger partial charge in [0.2, 0.25) is 10.0 Å². The molecule has 1 aliphatic rings. The van der Waals surface area contributed by atoms with Gasteiger partial charge in [-0.15, -0.1) is 0 Å². The van der Waals surface area contributed by atoms with Gasteiger partial charge in [0.15, 0.2) is 0 Å². The molecule has 5 heteroatoms. The lowest BCUT2D eigenvalue weighted by atomic mass is 10.0. The van der Waals surface area contributed by atoms with Crippen molar-refractivity contribution in [1.29, 1.82) is 0 Å². The van der Waals surface area contributed by atoms with Gasteiger partial charge in [-0.3, -0.25) is 0 Å². The van der Waals surface area contributed by atoms with Crippen LogP contribution in [-0.2, 0) is 16.4 Å². The first-order valence-corrected chi connectivity index (χ1v) is 6.02. The van der Waals surface area contributed by atoms with Crippen LogP contribution in [0.25, 0.3) is 0 Å². The Balaban J connectivity index is 2.62. The summed E-state index contributed by atoms with van der Waals surface area (Å²) in [5, 5.41) is 8.28. The lowest BCUT2D eigenvalue weighted by Crippen LogP contribution is -2.19. The van der Waals surface area contributed by atoms with Crippen molar-refractivity contribution >= 4 is 15.7 Å². The zero-order chi connectivity index (χ0) is 10.2. The van der Waals surface area contributed by atoms with Gasteiger partial charge < -0.3 is 5.32 Å². The molecule has 1 heterocycles. The number of fused-ring (bicyclic) bond motifs is 1. The van der Waals surface area contributed by atoms with Crippen LogP contribution in [0.4, 0.5) is 5.69 Å². The second-order valence-electron chi connectivity index (χ2n) is 3.36. The van der Waals surface area contributed by atoms with Gasteiger partial charge >= 0.3 is 0 Å². The molecule has 1 aromatic carbocycles. The third-order valence-electron chi connectivity index (χ3n) is 2.36. The summed E-state index contributed by atoms with van der Waals surface area (Å²) >= 11 is 0. The van der Waals surface area contributed by atoms with E-state index in [1.165, 1.54) is 0 Å². The highest BCUT2D eigenvalue weighted by Crippen LogP contribution is 2.27. The van der Waals surface area contributed by atoms with Crippen molar-refractivity contribution in [3.8, 4) is 0 Å².